The minimum absolute atomic E-state index is 0.134. The number of hydrogen-bond acceptors (Lipinski definition) is 4. The number of ether oxygens (including phenoxy) is 1. The van der Waals surface area contributed by atoms with E-state index in [2.05, 4.69) is 26.2 Å². The molecule has 1 heterocycles. The summed E-state index contributed by atoms with van der Waals surface area (Å²) in [5.41, 5.74) is 1.08. The second-order valence-electron chi connectivity index (χ2n) is 6.70. The van der Waals surface area contributed by atoms with Crippen molar-refractivity contribution in [2.24, 2.45) is 7.05 Å². The van der Waals surface area contributed by atoms with Gasteiger partial charge in [-0.2, -0.15) is 0 Å². The first-order valence-corrected chi connectivity index (χ1v) is 10.0. The van der Waals surface area contributed by atoms with Crippen LogP contribution in [0.1, 0.15) is 16.2 Å². The lowest BCUT2D eigenvalue weighted by Crippen LogP contribution is -2.20. The highest BCUT2D eigenvalue weighted by Crippen LogP contribution is 2.33. The molecule has 0 radical (unpaired) electrons. The Morgan fingerprint density at radius 2 is 1.83 bits per heavy atom. The smallest absolute Gasteiger partial charge is 0.262 e. The number of imidazole rings is 1. The van der Waals surface area contributed by atoms with E-state index in [0.717, 1.165) is 15.2 Å². The lowest BCUT2D eigenvalue weighted by molar-refractivity contribution is -0.118. The number of hydrogen-bond donors (Lipinski definition) is 1. The van der Waals surface area contributed by atoms with Crippen molar-refractivity contribution in [1.82, 2.24) is 9.55 Å². The summed E-state index contributed by atoms with van der Waals surface area (Å²) in [5.74, 6) is 0.490. The molecule has 6 nitrogen and oxygen atoms in total. The molecule has 0 spiro atoms. The Labute approximate surface area is 181 Å². The van der Waals surface area contributed by atoms with Crippen LogP contribution >= 0.6 is 15.9 Å². The molecule has 0 aliphatic heterocycles. The Morgan fingerprint density at radius 1 is 1.07 bits per heavy atom. The molecule has 0 saturated carbocycles. The summed E-state index contributed by atoms with van der Waals surface area (Å²) in [6.07, 6.45) is 3.30. The molecule has 4 rings (SSSR count). The Bertz CT molecular complexity index is 1230. The Balaban J connectivity index is 1.38. The number of nitrogens with zero attached hydrogens (tertiary/aromatic N) is 2. The second-order valence-corrected chi connectivity index (χ2v) is 7.50. The monoisotopic (exact) mass is 463 g/mol. The van der Waals surface area contributed by atoms with Gasteiger partial charge in [-0.25, -0.2) is 4.98 Å². The number of benzene rings is 3. The Morgan fingerprint density at radius 3 is 2.57 bits per heavy atom. The van der Waals surface area contributed by atoms with Gasteiger partial charge in [0.25, 0.3) is 5.91 Å². The molecular formula is C23H18BrN3O3. The SMILES string of the molecule is Cn1ccnc1C(=O)c1ccc(NC(=O)COc2ccc3ccccc3c2Br)cc1. The van der Waals surface area contributed by atoms with Crippen molar-refractivity contribution >= 4 is 44.1 Å². The molecule has 0 bridgehead atoms. The molecule has 150 valence electrons. The molecule has 0 atom stereocenters. The van der Waals surface area contributed by atoms with Gasteiger partial charge in [-0.15, -0.1) is 0 Å². The largest absolute Gasteiger partial charge is 0.483 e. The fraction of sp³-hybridized carbons (Fsp3) is 0.0870. The highest BCUT2D eigenvalue weighted by atomic mass is 79.9. The normalized spacial score (nSPS) is 10.7. The summed E-state index contributed by atoms with van der Waals surface area (Å²) in [7, 11) is 1.77. The number of fused-ring (bicyclic) bond motifs is 1. The van der Waals surface area contributed by atoms with Crippen LogP contribution in [-0.4, -0.2) is 27.8 Å². The van der Waals surface area contributed by atoms with Crippen LogP contribution in [0.5, 0.6) is 5.75 Å². The van der Waals surface area contributed by atoms with Crippen LogP contribution < -0.4 is 10.1 Å². The van der Waals surface area contributed by atoms with Gasteiger partial charge in [-0.1, -0.05) is 30.3 Å². The number of amides is 1. The maximum atomic E-state index is 12.5. The van der Waals surface area contributed by atoms with Gasteiger partial charge in [0.15, 0.2) is 12.4 Å². The summed E-state index contributed by atoms with van der Waals surface area (Å²) >= 11 is 3.55. The fourth-order valence-electron chi connectivity index (χ4n) is 3.08. The topological polar surface area (TPSA) is 73.2 Å². The predicted molar refractivity (Wildman–Crippen MR) is 119 cm³/mol. The van der Waals surface area contributed by atoms with E-state index in [9.17, 15) is 9.59 Å². The average Bonchev–Trinajstić information content (AvgIpc) is 3.19. The van der Waals surface area contributed by atoms with Gasteiger partial charge in [-0.3, -0.25) is 9.59 Å². The van der Waals surface area contributed by atoms with Crippen molar-refractivity contribution in [3.8, 4) is 5.75 Å². The van der Waals surface area contributed by atoms with E-state index < -0.39 is 0 Å². The van der Waals surface area contributed by atoms with Crippen molar-refractivity contribution in [2.75, 3.05) is 11.9 Å². The third kappa shape index (κ3) is 4.11. The molecule has 30 heavy (non-hydrogen) atoms. The number of rotatable bonds is 6. The number of aryl methyl sites for hydroxylation is 1. The van der Waals surface area contributed by atoms with Crippen LogP contribution in [-0.2, 0) is 11.8 Å². The second kappa shape index (κ2) is 8.51. The zero-order valence-corrected chi connectivity index (χ0v) is 17.7. The van der Waals surface area contributed by atoms with Crippen molar-refractivity contribution < 1.29 is 14.3 Å². The number of nitrogens with one attached hydrogen (secondary N) is 1. The summed E-state index contributed by atoms with van der Waals surface area (Å²) < 4.78 is 8.16. The van der Waals surface area contributed by atoms with Crippen molar-refractivity contribution in [3.63, 3.8) is 0 Å². The van der Waals surface area contributed by atoms with Gasteiger partial charge < -0.3 is 14.6 Å². The summed E-state index contributed by atoms with van der Waals surface area (Å²) in [4.78, 5) is 28.8. The van der Waals surface area contributed by atoms with Gasteiger partial charge in [0.2, 0.25) is 5.78 Å². The van der Waals surface area contributed by atoms with Crippen LogP contribution in [0.3, 0.4) is 0 Å². The van der Waals surface area contributed by atoms with E-state index in [-0.39, 0.29) is 18.3 Å². The van der Waals surface area contributed by atoms with E-state index in [0.29, 0.717) is 22.8 Å². The molecule has 4 aromatic rings. The number of carbonyl (C=O) groups excluding carboxylic acids is 2. The number of anilines is 1. The summed E-state index contributed by atoms with van der Waals surface area (Å²) in [5, 5.41) is 4.87. The number of halogens is 1. The summed E-state index contributed by atoms with van der Waals surface area (Å²) in [6.45, 7) is -0.134. The van der Waals surface area contributed by atoms with Crippen molar-refractivity contribution in [3.05, 3.63) is 88.9 Å². The van der Waals surface area contributed by atoms with Crippen LogP contribution in [0.2, 0.25) is 0 Å². The molecule has 3 aromatic carbocycles. The first-order valence-electron chi connectivity index (χ1n) is 9.25. The van der Waals surface area contributed by atoms with E-state index >= 15 is 0 Å². The highest BCUT2D eigenvalue weighted by molar-refractivity contribution is 9.10. The van der Waals surface area contributed by atoms with Crippen molar-refractivity contribution in [1.29, 1.82) is 0 Å². The predicted octanol–water partition coefficient (Wildman–Crippen LogP) is 4.58. The van der Waals surface area contributed by atoms with Gasteiger partial charge in [0.1, 0.15) is 5.75 Å². The van der Waals surface area contributed by atoms with Gasteiger partial charge in [-0.05, 0) is 57.0 Å². The van der Waals surface area contributed by atoms with Crippen LogP contribution in [0.25, 0.3) is 10.8 Å². The zero-order chi connectivity index (χ0) is 21.1. The van der Waals surface area contributed by atoms with E-state index in [1.54, 1.807) is 48.3 Å². The molecule has 1 N–H and O–H groups in total. The molecule has 1 amide bonds. The van der Waals surface area contributed by atoms with Gasteiger partial charge in [0, 0.05) is 30.7 Å². The zero-order valence-electron chi connectivity index (χ0n) is 16.1. The van der Waals surface area contributed by atoms with Crippen LogP contribution in [0.4, 0.5) is 5.69 Å². The van der Waals surface area contributed by atoms with E-state index in [1.807, 2.05) is 36.4 Å². The average molecular weight is 464 g/mol. The number of aromatic nitrogens is 2. The molecular weight excluding hydrogens is 446 g/mol. The van der Waals surface area contributed by atoms with E-state index in [1.165, 1.54) is 0 Å². The molecule has 0 fully saturated rings. The van der Waals surface area contributed by atoms with Crippen LogP contribution in [0, 0.1) is 0 Å². The molecule has 0 aliphatic carbocycles. The third-order valence-electron chi connectivity index (χ3n) is 4.64. The highest BCUT2D eigenvalue weighted by Gasteiger charge is 2.14. The summed E-state index contributed by atoms with van der Waals surface area (Å²) in [6, 6.07) is 18.4. The Kier molecular flexibility index (Phi) is 5.63. The molecule has 1 aromatic heterocycles. The molecule has 0 aliphatic rings. The first-order chi connectivity index (χ1) is 14.5. The number of ketones is 1. The maximum absolute atomic E-state index is 12.5. The lowest BCUT2D eigenvalue weighted by atomic mass is 10.1. The molecule has 7 heteroatoms. The van der Waals surface area contributed by atoms with Crippen molar-refractivity contribution in [2.45, 2.75) is 0 Å². The lowest BCUT2D eigenvalue weighted by Gasteiger charge is -2.11. The minimum Gasteiger partial charge on any atom is -0.483 e. The van der Waals surface area contributed by atoms with Crippen LogP contribution in [0.15, 0.2) is 77.5 Å². The molecule has 0 saturated heterocycles. The minimum atomic E-state index is -0.293. The quantitative estimate of drug-likeness (QED) is 0.424. The number of carbonyl (C=O) groups is 2. The fourth-order valence-corrected chi connectivity index (χ4v) is 3.69. The first kappa shape index (κ1) is 19.8. The maximum Gasteiger partial charge on any atom is 0.262 e. The van der Waals surface area contributed by atoms with Gasteiger partial charge >= 0.3 is 0 Å². The van der Waals surface area contributed by atoms with Gasteiger partial charge in [0.05, 0.1) is 4.47 Å². The van der Waals surface area contributed by atoms with E-state index in [4.69, 9.17) is 4.74 Å². The Hall–Kier alpha value is -3.45. The standard InChI is InChI=1S/C23H18BrN3O3/c1-27-13-12-25-23(27)22(29)16-6-9-17(10-7-16)26-20(28)14-30-19-11-8-15-4-2-3-5-18(15)21(19)24/h2-13H,14H2,1H3,(H,26,28). The molecule has 0 unspecified atom stereocenters. The third-order valence-corrected chi connectivity index (χ3v) is 5.46.